The normalized spacial score (nSPS) is 13.8. The zero-order valence-corrected chi connectivity index (χ0v) is 20.3. The number of Topliss-reactive ketones (excluding diaryl/α,β-unsaturated/α-hetero) is 1. The summed E-state index contributed by atoms with van der Waals surface area (Å²) in [6.07, 6.45) is 3.95. The second kappa shape index (κ2) is 9.75. The SMILES string of the molecule is CC[C@H](C(=O)Nc1ccc(C(C)=O)cc1)n1nc(-c2cc(C)ccc2C)c2c(c1=O)CCCC2. The lowest BCUT2D eigenvalue weighted by atomic mass is 9.88. The number of carbonyl (C=O) groups excluding carboxylic acids is 2. The molecule has 0 unspecified atom stereocenters. The number of nitrogens with zero attached hydrogens (tertiary/aromatic N) is 2. The van der Waals surface area contributed by atoms with Gasteiger partial charge in [-0.1, -0.05) is 24.6 Å². The first kappa shape index (κ1) is 23.6. The fourth-order valence-corrected chi connectivity index (χ4v) is 4.66. The lowest BCUT2D eigenvalue weighted by Crippen LogP contribution is -2.38. The molecule has 0 saturated heterocycles. The van der Waals surface area contributed by atoms with Crippen LogP contribution < -0.4 is 10.9 Å². The van der Waals surface area contributed by atoms with Crippen LogP contribution in [0.2, 0.25) is 0 Å². The molecule has 0 saturated carbocycles. The van der Waals surface area contributed by atoms with Crippen LogP contribution in [-0.2, 0) is 17.6 Å². The summed E-state index contributed by atoms with van der Waals surface area (Å²) in [7, 11) is 0. The Hall–Kier alpha value is -3.54. The molecule has 0 bridgehead atoms. The van der Waals surface area contributed by atoms with Crippen molar-refractivity contribution in [2.75, 3.05) is 5.32 Å². The van der Waals surface area contributed by atoms with Gasteiger partial charge in [-0.15, -0.1) is 0 Å². The Morgan fingerprint density at radius 3 is 2.35 bits per heavy atom. The number of ketones is 1. The van der Waals surface area contributed by atoms with Crippen molar-refractivity contribution in [1.82, 2.24) is 9.78 Å². The minimum absolute atomic E-state index is 0.0342. The van der Waals surface area contributed by atoms with Gasteiger partial charge >= 0.3 is 0 Å². The maximum absolute atomic E-state index is 13.5. The zero-order valence-electron chi connectivity index (χ0n) is 20.3. The number of hydrogen-bond acceptors (Lipinski definition) is 4. The van der Waals surface area contributed by atoms with E-state index >= 15 is 0 Å². The highest BCUT2D eigenvalue weighted by Crippen LogP contribution is 2.31. The Morgan fingerprint density at radius 1 is 1.03 bits per heavy atom. The van der Waals surface area contributed by atoms with Gasteiger partial charge < -0.3 is 5.32 Å². The third kappa shape index (κ3) is 4.58. The van der Waals surface area contributed by atoms with E-state index in [2.05, 4.69) is 30.4 Å². The third-order valence-electron chi connectivity index (χ3n) is 6.62. The minimum atomic E-state index is -0.740. The van der Waals surface area contributed by atoms with Crippen molar-refractivity contribution in [3.05, 3.63) is 80.6 Å². The lowest BCUT2D eigenvalue weighted by molar-refractivity contribution is -0.119. The summed E-state index contributed by atoms with van der Waals surface area (Å²) in [6, 6.07) is 12.3. The summed E-state index contributed by atoms with van der Waals surface area (Å²) < 4.78 is 1.39. The summed E-state index contributed by atoms with van der Waals surface area (Å²) in [6.45, 7) is 7.48. The first-order valence-corrected chi connectivity index (χ1v) is 11.9. The van der Waals surface area contributed by atoms with Gasteiger partial charge in [0.1, 0.15) is 6.04 Å². The van der Waals surface area contributed by atoms with Crippen LogP contribution in [-0.4, -0.2) is 21.5 Å². The van der Waals surface area contributed by atoms with Gasteiger partial charge in [0.25, 0.3) is 5.56 Å². The first-order chi connectivity index (χ1) is 16.3. The van der Waals surface area contributed by atoms with Gasteiger partial charge in [-0.25, -0.2) is 4.68 Å². The zero-order chi connectivity index (χ0) is 24.4. The van der Waals surface area contributed by atoms with Crippen molar-refractivity contribution in [1.29, 1.82) is 0 Å². The molecule has 3 aromatic rings. The topological polar surface area (TPSA) is 81.1 Å². The molecule has 2 aromatic carbocycles. The molecule has 1 aliphatic carbocycles. The fraction of sp³-hybridized carbons (Fsp3) is 0.357. The highest BCUT2D eigenvalue weighted by molar-refractivity contribution is 5.96. The molecule has 1 amide bonds. The van der Waals surface area contributed by atoms with Crippen LogP contribution >= 0.6 is 0 Å². The molecule has 1 atom stereocenters. The number of rotatable bonds is 6. The van der Waals surface area contributed by atoms with Crippen molar-refractivity contribution >= 4 is 17.4 Å². The van der Waals surface area contributed by atoms with Crippen molar-refractivity contribution in [3.63, 3.8) is 0 Å². The minimum Gasteiger partial charge on any atom is -0.324 e. The predicted molar refractivity (Wildman–Crippen MR) is 134 cm³/mol. The van der Waals surface area contributed by atoms with Gasteiger partial charge in [0.05, 0.1) is 5.69 Å². The van der Waals surface area contributed by atoms with E-state index in [9.17, 15) is 14.4 Å². The van der Waals surface area contributed by atoms with Crippen molar-refractivity contribution < 1.29 is 9.59 Å². The van der Waals surface area contributed by atoms with E-state index in [0.717, 1.165) is 52.8 Å². The Morgan fingerprint density at radius 2 is 1.71 bits per heavy atom. The molecule has 34 heavy (non-hydrogen) atoms. The summed E-state index contributed by atoms with van der Waals surface area (Å²) in [5.74, 6) is -0.330. The fourth-order valence-electron chi connectivity index (χ4n) is 4.66. The van der Waals surface area contributed by atoms with Gasteiger partial charge in [-0.05, 0) is 94.3 Å². The lowest BCUT2D eigenvalue weighted by Gasteiger charge is -2.24. The molecule has 176 valence electrons. The molecule has 0 radical (unpaired) electrons. The molecular formula is C28H31N3O3. The van der Waals surface area contributed by atoms with E-state index in [0.29, 0.717) is 24.1 Å². The average Bonchev–Trinajstić information content (AvgIpc) is 2.83. The molecule has 0 spiro atoms. The predicted octanol–water partition coefficient (Wildman–Crippen LogP) is 5.20. The van der Waals surface area contributed by atoms with E-state index < -0.39 is 6.04 Å². The molecule has 4 rings (SSSR count). The molecule has 0 aliphatic heterocycles. The number of aryl methyl sites for hydroxylation is 2. The van der Waals surface area contributed by atoms with Gasteiger partial charge in [0.2, 0.25) is 5.91 Å². The number of anilines is 1. The number of aromatic nitrogens is 2. The number of nitrogens with one attached hydrogen (secondary N) is 1. The van der Waals surface area contributed by atoms with Gasteiger partial charge in [0, 0.05) is 22.4 Å². The molecule has 1 heterocycles. The third-order valence-corrected chi connectivity index (χ3v) is 6.62. The Bertz CT molecular complexity index is 1310. The molecule has 1 N–H and O–H groups in total. The summed E-state index contributed by atoms with van der Waals surface area (Å²) >= 11 is 0. The monoisotopic (exact) mass is 457 g/mol. The first-order valence-electron chi connectivity index (χ1n) is 11.9. The number of carbonyl (C=O) groups is 2. The molecule has 6 heteroatoms. The highest BCUT2D eigenvalue weighted by Gasteiger charge is 2.27. The number of benzene rings is 2. The van der Waals surface area contributed by atoms with E-state index in [1.165, 1.54) is 11.6 Å². The van der Waals surface area contributed by atoms with E-state index in [4.69, 9.17) is 5.10 Å². The maximum Gasteiger partial charge on any atom is 0.271 e. The molecule has 1 aromatic heterocycles. The number of hydrogen-bond donors (Lipinski definition) is 1. The van der Waals surface area contributed by atoms with Crippen LogP contribution in [0.25, 0.3) is 11.3 Å². The van der Waals surface area contributed by atoms with Crippen LogP contribution in [0.3, 0.4) is 0 Å². The summed E-state index contributed by atoms with van der Waals surface area (Å²) in [5, 5.41) is 7.72. The quantitative estimate of drug-likeness (QED) is 0.516. The van der Waals surface area contributed by atoms with Crippen molar-refractivity contribution in [2.24, 2.45) is 0 Å². The molecule has 1 aliphatic rings. The maximum atomic E-state index is 13.5. The van der Waals surface area contributed by atoms with Gasteiger partial charge in [0.15, 0.2) is 5.78 Å². The van der Waals surface area contributed by atoms with Crippen molar-refractivity contribution in [3.8, 4) is 11.3 Å². The van der Waals surface area contributed by atoms with Crippen LogP contribution in [0.15, 0.2) is 47.3 Å². The Kier molecular flexibility index (Phi) is 6.77. The second-order valence-corrected chi connectivity index (χ2v) is 9.13. The van der Waals surface area contributed by atoms with Crippen LogP contribution in [0, 0.1) is 13.8 Å². The van der Waals surface area contributed by atoms with E-state index in [1.807, 2.05) is 13.8 Å². The van der Waals surface area contributed by atoms with Crippen LogP contribution in [0.4, 0.5) is 5.69 Å². The standard InChI is InChI=1S/C28H31N3O3/c1-5-25(27(33)29-21-14-12-20(13-15-21)19(4)32)31-28(34)23-9-7-6-8-22(23)26(30-31)24-16-17(2)10-11-18(24)3/h10-16,25H,5-9H2,1-4H3,(H,29,33)/t25-/m1/s1. The van der Waals surface area contributed by atoms with Crippen LogP contribution in [0.1, 0.15) is 71.8 Å². The largest absolute Gasteiger partial charge is 0.324 e. The molecule has 0 fully saturated rings. The average molecular weight is 458 g/mol. The van der Waals surface area contributed by atoms with E-state index in [-0.39, 0.29) is 17.2 Å². The highest BCUT2D eigenvalue weighted by atomic mass is 16.2. The van der Waals surface area contributed by atoms with Gasteiger partial charge in [-0.3, -0.25) is 14.4 Å². The Balaban J connectivity index is 1.77. The smallest absolute Gasteiger partial charge is 0.271 e. The van der Waals surface area contributed by atoms with Gasteiger partial charge in [-0.2, -0.15) is 5.10 Å². The van der Waals surface area contributed by atoms with E-state index in [1.54, 1.807) is 24.3 Å². The second-order valence-electron chi connectivity index (χ2n) is 9.13. The molecule has 6 nitrogen and oxygen atoms in total. The van der Waals surface area contributed by atoms with Crippen LogP contribution in [0.5, 0.6) is 0 Å². The number of amides is 1. The van der Waals surface area contributed by atoms with Crippen molar-refractivity contribution in [2.45, 2.75) is 65.8 Å². The summed E-state index contributed by atoms with van der Waals surface area (Å²) in [5.41, 5.74) is 6.85. The Labute approximate surface area is 200 Å². The molecular weight excluding hydrogens is 426 g/mol. The summed E-state index contributed by atoms with van der Waals surface area (Å²) in [4.78, 5) is 38.3. The number of fused-ring (bicyclic) bond motifs is 1.